The maximum atomic E-state index is 12.5. The van der Waals surface area contributed by atoms with Gasteiger partial charge in [-0.05, 0) is 37.3 Å². The summed E-state index contributed by atoms with van der Waals surface area (Å²) in [5, 5.41) is 15.1. The molecule has 0 spiro atoms. The molecule has 2 amide bonds. The molecule has 2 aliphatic rings. The number of benzene rings is 1. The number of carbonyl (C=O) groups excluding carboxylic acids is 2. The minimum atomic E-state index is -0.883. The second-order valence-electron chi connectivity index (χ2n) is 7.03. The molecule has 1 aromatic rings. The highest BCUT2D eigenvalue weighted by Crippen LogP contribution is 2.40. The molecule has 0 bridgehead atoms. The summed E-state index contributed by atoms with van der Waals surface area (Å²) >= 11 is 0. The van der Waals surface area contributed by atoms with Gasteiger partial charge in [0.2, 0.25) is 11.8 Å². The molecule has 1 aromatic carbocycles. The van der Waals surface area contributed by atoms with Gasteiger partial charge < -0.3 is 15.7 Å². The molecular formula is C19H24N2O4. The lowest BCUT2D eigenvalue weighted by Gasteiger charge is -2.20. The highest BCUT2D eigenvalue weighted by Gasteiger charge is 2.36. The van der Waals surface area contributed by atoms with Crippen LogP contribution in [0.5, 0.6) is 0 Å². The van der Waals surface area contributed by atoms with Crippen LogP contribution in [0.1, 0.15) is 62.1 Å². The van der Waals surface area contributed by atoms with E-state index in [-0.39, 0.29) is 23.8 Å². The van der Waals surface area contributed by atoms with E-state index in [9.17, 15) is 19.5 Å². The lowest BCUT2D eigenvalue weighted by atomic mass is 10.0. The standard InChI is InChI=1S/C19H24N2O4/c1-11(20-18(23)12-6-2-3-7-12)17(22)21-16-10-15(19(24)25)13-8-4-5-9-14(13)16/h4-5,8-9,11-12,15-16H,2-3,6-7,10H2,1H3,(H,20,23)(H,21,22)(H,24,25). The Hall–Kier alpha value is -2.37. The fraction of sp³-hybridized carbons (Fsp3) is 0.526. The Morgan fingerprint density at radius 1 is 1.12 bits per heavy atom. The number of hydrogen-bond donors (Lipinski definition) is 3. The van der Waals surface area contributed by atoms with Gasteiger partial charge in [-0.25, -0.2) is 0 Å². The summed E-state index contributed by atoms with van der Waals surface area (Å²) in [5.74, 6) is -1.82. The Bertz CT molecular complexity index is 682. The maximum Gasteiger partial charge on any atom is 0.311 e. The molecule has 1 saturated carbocycles. The van der Waals surface area contributed by atoms with E-state index < -0.39 is 17.9 Å². The molecule has 0 aromatic heterocycles. The zero-order valence-electron chi connectivity index (χ0n) is 14.3. The van der Waals surface area contributed by atoms with Gasteiger partial charge in [-0.2, -0.15) is 0 Å². The molecule has 3 N–H and O–H groups in total. The summed E-state index contributed by atoms with van der Waals surface area (Å²) in [4.78, 5) is 36.1. The minimum absolute atomic E-state index is 0.0128. The first-order chi connectivity index (χ1) is 12.0. The fourth-order valence-corrected chi connectivity index (χ4v) is 3.89. The topological polar surface area (TPSA) is 95.5 Å². The van der Waals surface area contributed by atoms with Gasteiger partial charge in [0.25, 0.3) is 0 Å². The Balaban J connectivity index is 1.62. The van der Waals surface area contributed by atoms with Crippen molar-refractivity contribution in [3.63, 3.8) is 0 Å². The van der Waals surface area contributed by atoms with Crippen molar-refractivity contribution in [2.24, 2.45) is 5.92 Å². The lowest BCUT2D eigenvalue weighted by Crippen LogP contribution is -2.47. The van der Waals surface area contributed by atoms with E-state index in [1.54, 1.807) is 13.0 Å². The zero-order chi connectivity index (χ0) is 18.0. The van der Waals surface area contributed by atoms with Crippen molar-refractivity contribution >= 4 is 17.8 Å². The average molecular weight is 344 g/mol. The third-order valence-corrected chi connectivity index (χ3v) is 5.31. The van der Waals surface area contributed by atoms with Gasteiger partial charge in [-0.1, -0.05) is 37.1 Å². The highest BCUT2D eigenvalue weighted by atomic mass is 16.4. The molecule has 0 aliphatic heterocycles. The van der Waals surface area contributed by atoms with E-state index in [0.29, 0.717) is 6.42 Å². The van der Waals surface area contributed by atoms with E-state index in [1.165, 1.54) is 0 Å². The van der Waals surface area contributed by atoms with Gasteiger partial charge in [0, 0.05) is 5.92 Å². The first-order valence-electron chi connectivity index (χ1n) is 8.89. The molecule has 134 valence electrons. The van der Waals surface area contributed by atoms with Crippen molar-refractivity contribution < 1.29 is 19.5 Å². The smallest absolute Gasteiger partial charge is 0.311 e. The van der Waals surface area contributed by atoms with Crippen LogP contribution in [0.25, 0.3) is 0 Å². The second-order valence-corrected chi connectivity index (χ2v) is 7.03. The third kappa shape index (κ3) is 3.67. The van der Waals surface area contributed by atoms with Crippen LogP contribution in [-0.4, -0.2) is 28.9 Å². The maximum absolute atomic E-state index is 12.5. The number of hydrogen-bond acceptors (Lipinski definition) is 3. The Kier molecular flexibility index (Phi) is 5.06. The number of aliphatic carboxylic acids is 1. The van der Waals surface area contributed by atoms with Gasteiger partial charge in [0.05, 0.1) is 12.0 Å². The monoisotopic (exact) mass is 344 g/mol. The molecule has 3 rings (SSSR count). The van der Waals surface area contributed by atoms with Crippen molar-refractivity contribution in [1.82, 2.24) is 10.6 Å². The first kappa shape index (κ1) is 17.5. The van der Waals surface area contributed by atoms with Crippen LogP contribution in [0.15, 0.2) is 24.3 Å². The minimum Gasteiger partial charge on any atom is -0.481 e. The Morgan fingerprint density at radius 3 is 2.40 bits per heavy atom. The molecule has 1 fully saturated rings. The van der Waals surface area contributed by atoms with Gasteiger partial charge >= 0.3 is 5.97 Å². The molecule has 6 heteroatoms. The second kappa shape index (κ2) is 7.25. The fourth-order valence-electron chi connectivity index (χ4n) is 3.89. The van der Waals surface area contributed by atoms with Crippen molar-refractivity contribution in [2.45, 2.75) is 57.0 Å². The van der Waals surface area contributed by atoms with E-state index in [4.69, 9.17) is 0 Å². The Morgan fingerprint density at radius 2 is 1.76 bits per heavy atom. The molecule has 25 heavy (non-hydrogen) atoms. The van der Waals surface area contributed by atoms with Crippen molar-refractivity contribution in [3.8, 4) is 0 Å². The number of nitrogens with one attached hydrogen (secondary N) is 2. The number of carbonyl (C=O) groups is 3. The molecule has 3 unspecified atom stereocenters. The van der Waals surface area contributed by atoms with Crippen LogP contribution in [0.3, 0.4) is 0 Å². The van der Waals surface area contributed by atoms with E-state index in [2.05, 4.69) is 10.6 Å². The van der Waals surface area contributed by atoms with E-state index in [0.717, 1.165) is 36.8 Å². The van der Waals surface area contributed by atoms with Gasteiger partial charge in [0.15, 0.2) is 0 Å². The largest absolute Gasteiger partial charge is 0.481 e. The predicted octanol–water partition coefficient (Wildman–Crippen LogP) is 2.11. The van der Waals surface area contributed by atoms with Crippen molar-refractivity contribution in [2.75, 3.05) is 0 Å². The molecule has 0 heterocycles. The first-order valence-corrected chi connectivity index (χ1v) is 8.89. The van der Waals surface area contributed by atoms with Crippen LogP contribution in [0.4, 0.5) is 0 Å². The van der Waals surface area contributed by atoms with E-state index >= 15 is 0 Å². The molecule has 0 saturated heterocycles. The normalized spacial score (nSPS) is 23.7. The number of amides is 2. The van der Waals surface area contributed by atoms with Crippen LogP contribution in [0, 0.1) is 5.92 Å². The molecule has 3 atom stereocenters. The number of fused-ring (bicyclic) bond motifs is 1. The van der Waals surface area contributed by atoms with Gasteiger partial charge in [0.1, 0.15) is 6.04 Å². The molecular weight excluding hydrogens is 320 g/mol. The van der Waals surface area contributed by atoms with Crippen molar-refractivity contribution in [1.29, 1.82) is 0 Å². The number of carboxylic acids is 1. The highest BCUT2D eigenvalue weighted by molar-refractivity contribution is 5.89. The summed E-state index contributed by atoms with van der Waals surface area (Å²) in [6.45, 7) is 1.66. The third-order valence-electron chi connectivity index (χ3n) is 5.31. The van der Waals surface area contributed by atoms with Crippen LogP contribution in [-0.2, 0) is 14.4 Å². The SMILES string of the molecule is CC(NC(=O)C1CCCC1)C(=O)NC1CC(C(=O)O)c2ccccc21. The summed E-state index contributed by atoms with van der Waals surface area (Å²) in [6.07, 6.45) is 4.23. The van der Waals surface area contributed by atoms with Crippen LogP contribution >= 0.6 is 0 Å². The summed E-state index contributed by atoms with van der Waals surface area (Å²) < 4.78 is 0. The lowest BCUT2D eigenvalue weighted by molar-refractivity contribution is -0.139. The number of carboxylic acid groups (broad SMARTS) is 1. The summed E-state index contributed by atoms with van der Waals surface area (Å²) in [5.41, 5.74) is 1.60. The summed E-state index contributed by atoms with van der Waals surface area (Å²) in [7, 11) is 0. The number of rotatable bonds is 5. The zero-order valence-corrected chi connectivity index (χ0v) is 14.3. The van der Waals surface area contributed by atoms with Gasteiger partial charge in [-0.15, -0.1) is 0 Å². The summed E-state index contributed by atoms with van der Waals surface area (Å²) in [6, 6.07) is 6.33. The van der Waals surface area contributed by atoms with Crippen molar-refractivity contribution in [3.05, 3.63) is 35.4 Å². The van der Waals surface area contributed by atoms with Gasteiger partial charge in [-0.3, -0.25) is 14.4 Å². The average Bonchev–Trinajstić information content (AvgIpc) is 3.23. The van der Waals surface area contributed by atoms with Crippen LogP contribution in [0.2, 0.25) is 0 Å². The molecule has 0 radical (unpaired) electrons. The van der Waals surface area contributed by atoms with E-state index in [1.807, 2.05) is 18.2 Å². The molecule has 6 nitrogen and oxygen atoms in total. The Labute approximate surface area is 147 Å². The predicted molar refractivity (Wildman–Crippen MR) is 91.9 cm³/mol. The molecule has 2 aliphatic carbocycles. The quantitative estimate of drug-likeness (QED) is 0.762. The van der Waals surface area contributed by atoms with Crippen LogP contribution < -0.4 is 10.6 Å².